The predicted molar refractivity (Wildman–Crippen MR) is 81.5 cm³/mol. The molecular weight excluding hydrogens is 250 g/mol. The van der Waals surface area contributed by atoms with E-state index in [1.807, 2.05) is 12.1 Å². The first kappa shape index (κ1) is 15.5. The molecule has 1 aromatic carbocycles. The summed E-state index contributed by atoms with van der Waals surface area (Å²) in [5, 5.41) is 22.6. The lowest BCUT2D eigenvalue weighted by atomic mass is 9.82. The summed E-state index contributed by atoms with van der Waals surface area (Å²) in [4.78, 5) is 0. The molecule has 0 bridgehead atoms. The second kappa shape index (κ2) is 7.21. The number of benzene rings is 1. The number of rotatable bonds is 7. The van der Waals surface area contributed by atoms with Crippen LogP contribution in [0, 0.1) is 11.8 Å². The van der Waals surface area contributed by atoms with Gasteiger partial charge in [-0.1, -0.05) is 38.1 Å². The molecule has 0 radical (unpaired) electrons. The maximum absolute atomic E-state index is 10.1. The van der Waals surface area contributed by atoms with Crippen molar-refractivity contribution in [2.45, 2.75) is 45.3 Å². The molecule has 20 heavy (non-hydrogen) atoms. The van der Waals surface area contributed by atoms with Crippen LogP contribution in [-0.4, -0.2) is 29.4 Å². The SMILES string of the molecule is CC(C)Cc1ccc(C(O)CNCC2CC(O)C2)cc1. The lowest BCUT2D eigenvalue weighted by molar-refractivity contribution is 0.0415. The summed E-state index contributed by atoms with van der Waals surface area (Å²) in [6.07, 6.45) is 2.33. The van der Waals surface area contributed by atoms with Gasteiger partial charge in [-0.2, -0.15) is 0 Å². The summed E-state index contributed by atoms with van der Waals surface area (Å²) < 4.78 is 0. The fourth-order valence-corrected chi connectivity index (χ4v) is 2.76. The van der Waals surface area contributed by atoms with Crippen LogP contribution in [0.1, 0.15) is 43.9 Å². The number of hydrogen-bond donors (Lipinski definition) is 3. The Bertz CT molecular complexity index is 396. The normalized spacial score (nSPS) is 23.6. The highest BCUT2D eigenvalue weighted by atomic mass is 16.3. The van der Waals surface area contributed by atoms with Crippen molar-refractivity contribution in [2.75, 3.05) is 13.1 Å². The van der Waals surface area contributed by atoms with E-state index >= 15 is 0 Å². The van der Waals surface area contributed by atoms with Gasteiger partial charge in [-0.3, -0.25) is 0 Å². The first-order valence-corrected chi connectivity index (χ1v) is 7.70. The van der Waals surface area contributed by atoms with Crippen LogP contribution in [0.2, 0.25) is 0 Å². The molecule has 0 amide bonds. The Balaban J connectivity index is 1.72. The maximum Gasteiger partial charge on any atom is 0.0914 e. The van der Waals surface area contributed by atoms with Gasteiger partial charge < -0.3 is 15.5 Å². The summed E-state index contributed by atoms with van der Waals surface area (Å²) in [6.45, 7) is 5.89. The molecule has 1 aromatic rings. The van der Waals surface area contributed by atoms with Crippen LogP contribution in [0.15, 0.2) is 24.3 Å². The molecule has 3 nitrogen and oxygen atoms in total. The van der Waals surface area contributed by atoms with Crippen molar-refractivity contribution in [1.82, 2.24) is 5.32 Å². The van der Waals surface area contributed by atoms with E-state index in [4.69, 9.17) is 0 Å². The van der Waals surface area contributed by atoms with Crippen LogP contribution in [0.25, 0.3) is 0 Å². The summed E-state index contributed by atoms with van der Waals surface area (Å²) in [7, 11) is 0. The summed E-state index contributed by atoms with van der Waals surface area (Å²) in [5.74, 6) is 1.23. The average molecular weight is 277 g/mol. The van der Waals surface area contributed by atoms with Crippen LogP contribution in [0.5, 0.6) is 0 Å². The van der Waals surface area contributed by atoms with Crippen molar-refractivity contribution in [3.63, 3.8) is 0 Å². The average Bonchev–Trinajstić information content (AvgIpc) is 2.36. The molecule has 3 heteroatoms. The molecule has 0 aliphatic heterocycles. The van der Waals surface area contributed by atoms with Gasteiger partial charge in [0.25, 0.3) is 0 Å². The molecular formula is C17H27NO2. The Morgan fingerprint density at radius 2 is 1.85 bits per heavy atom. The maximum atomic E-state index is 10.1. The topological polar surface area (TPSA) is 52.5 Å². The van der Waals surface area contributed by atoms with Crippen LogP contribution in [0.4, 0.5) is 0 Å². The Hall–Kier alpha value is -0.900. The minimum absolute atomic E-state index is 0.0970. The van der Waals surface area contributed by atoms with E-state index in [1.54, 1.807) is 0 Å². The molecule has 1 atom stereocenters. The highest BCUT2D eigenvalue weighted by Gasteiger charge is 2.26. The highest BCUT2D eigenvalue weighted by Crippen LogP contribution is 2.26. The molecule has 1 aliphatic carbocycles. The zero-order valence-electron chi connectivity index (χ0n) is 12.5. The largest absolute Gasteiger partial charge is 0.393 e. The number of aliphatic hydroxyl groups excluding tert-OH is 2. The van der Waals surface area contributed by atoms with Gasteiger partial charge in [0, 0.05) is 6.54 Å². The van der Waals surface area contributed by atoms with Crippen molar-refractivity contribution < 1.29 is 10.2 Å². The monoisotopic (exact) mass is 277 g/mol. The minimum atomic E-state index is -0.451. The minimum Gasteiger partial charge on any atom is -0.393 e. The quantitative estimate of drug-likeness (QED) is 0.716. The van der Waals surface area contributed by atoms with E-state index in [9.17, 15) is 10.2 Å². The third-order valence-corrected chi connectivity index (χ3v) is 3.99. The van der Waals surface area contributed by atoms with Gasteiger partial charge in [-0.25, -0.2) is 0 Å². The molecule has 0 heterocycles. The lowest BCUT2D eigenvalue weighted by Gasteiger charge is -2.31. The van der Waals surface area contributed by atoms with Crippen molar-refractivity contribution in [1.29, 1.82) is 0 Å². The fourth-order valence-electron chi connectivity index (χ4n) is 2.76. The van der Waals surface area contributed by atoms with Gasteiger partial charge in [0.2, 0.25) is 0 Å². The third kappa shape index (κ3) is 4.58. The van der Waals surface area contributed by atoms with Gasteiger partial charge in [-0.15, -0.1) is 0 Å². The molecule has 1 fully saturated rings. The second-order valence-corrected chi connectivity index (χ2v) is 6.50. The predicted octanol–water partition coefficient (Wildman–Crippen LogP) is 2.28. The van der Waals surface area contributed by atoms with E-state index in [-0.39, 0.29) is 6.10 Å². The Kier molecular flexibility index (Phi) is 5.58. The van der Waals surface area contributed by atoms with Crippen molar-refractivity contribution in [3.8, 4) is 0 Å². The third-order valence-electron chi connectivity index (χ3n) is 3.99. The zero-order valence-corrected chi connectivity index (χ0v) is 12.5. The molecule has 0 aromatic heterocycles. The van der Waals surface area contributed by atoms with E-state index < -0.39 is 6.10 Å². The van der Waals surface area contributed by atoms with Crippen LogP contribution in [0.3, 0.4) is 0 Å². The molecule has 0 saturated heterocycles. The van der Waals surface area contributed by atoms with E-state index in [0.29, 0.717) is 18.4 Å². The standard InChI is InChI=1S/C17H27NO2/c1-12(2)7-13-3-5-15(6-4-13)17(20)11-18-10-14-8-16(19)9-14/h3-6,12,14,16-20H,7-11H2,1-2H3. The van der Waals surface area contributed by atoms with Crippen LogP contribution < -0.4 is 5.32 Å². The number of hydrogen-bond acceptors (Lipinski definition) is 3. The van der Waals surface area contributed by atoms with Crippen molar-refractivity contribution >= 4 is 0 Å². The molecule has 2 rings (SSSR count). The van der Waals surface area contributed by atoms with Crippen LogP contribution >= 0.6 is 0 Å². The fraction of sp³-hybridized carbons (Fsp3) is 0.647. The molecule has 1 aliphatic rings. The van der Waals surface area contributed by atoms with Gasteiger partial charge >= 0.3 is 0 Å². The van der Waals surface area contributed by atoms with Gasteiger partial charge in [0.05, 0.1) is 12.2 Å². The van der Waals surface area contributed by atoms with Crippen molar-refractivity contribution in [2.24, 2.45) is 11.8 Å². The zero-order chi connectivity index (χ0) is 14.5. The van der Waals surface area contributed by atoms with E-state index in [0.717, 1.165) is 31.4 Å². The van der Waals surface area contributed by atoms with Gasteiger partial charge in [-0.05, 0) is 48.8 Å². The molecule has 0 spiro atoms. The Morgan fingerprint density at radius 3 is 2.40 bits per heavy atom. The lowest BCUT2D eigenvalue weighted by Crippen LogP contribution is -2.37. The Morgan fingerprint density at radius 1 is 1.20 bits per heavy atom. The summed E-state index contributed by atoms with van der Waals surface area (Å²) >= 11 is 0. The van der Waals surface area contributed by atoms with Crippen molar-refractivity contribution in [3.05, 3.63) is 35.4 Å². The van der Waals surface area contributed by atoms with E-state index in [2.05, 4.69) is 31.3 Å². The smallest absolute Gasteiger partial charge is 0.0914 e. The van der Waals surface area contributed by atoms with Gasteiger partial charge in [0.15, 0.2) is 0 Å². The van der Waals surface area contributed by atoms with Crippen LogP contribution in [-0.2, 0) is 6.42 Å². The number of aliphatic hydroxyl groups is 2. The molecule has 1 unspecified atom stereocenters. The molecule has 112 valence electrons. The Labute approximate surface area is 122 Å². The molecule has 1 saturated carbocycles. The molecule has 3 N–H and O–H groups in total. The second-order valence-electron chi connectivity index (χ2n) is 6.50. The van der Waals surface area contributed by atoms with Gasteiger partial charge in [0.1, 0.15) is 0 Å². The highest BCUT2D eigenvalue weighted by molar-refractivity contribution is 5.24. The number of nitrogens with one attached hydrogen (secondary N) is 1. The first-order valence-electron chi connectivity index (χ1n) is 7.70. The van der Waals surface area contributed by atoms with E-state index in [1.165, 1.54) is 5.56 Å². The summed E-state index contributed by atoms with van der Waals surface area (Å²) in [5.41, 5.74) is 2.30. The first-order chi connectivity index (χ1) is 9.54. The summed E-state index contributed by atoms with van der Waals surface area (Å²) in [6, 6.07) is 8.27.